The summed E-state index contributed by atoms with van der Waals surface area (Å²) in [6, 6.07) is 14.7. The first kappa shape index (κ1) is 14.4. The molecule has 3 heteroatoms. The zero-order valence-corrected chi connectivity index (χ0v) is 12.8. The van der Waals surface area contributed by atoms with Crippen LogP contribution >= 0.6 is 23.4 Å². The topological polar surface area (TPSA) is 12.0 Å². The number of benzene rings is 2. The van der Waals surface area contributed by atoms with Crippen LogP contribution in [-0.4, -0.2) is 7.05 Å². The first-order valence-corrected chi connectivity index (χ1v) is 7.67. The average molecular weight is 292 g/mol. The minimum atomic E-state index is 0.793. The second kappa shape index (κ2) is 6.99. The molecule has 0 aromatic heterocycles. The highest BCUT2D eigenvalue weighted by Crippen LogP contribution is 2.27. The van der Waals surface area contributed by atoms with Crippen molar-refractivity contribution in [2.24, 2.45) is 0 Å². The summed E-state index contributed by atoms with van der Waals surface area (Å²) >= 11 is 7.76. The van der Waals surface area contributed by atoms with Gasteiger partial charge in [-0.25, -0.2) is 0 Å². The summed E-state index contributed by atoms with van der Waals surface area (Å²) in [7, 11) is 1.97. The van der Waals surface area contributed by atoms with Gasteiger partial charge in [0.1, 0.15) is 0 Å². The lowest BCUT2D eigenvalue weighted by Crippen LogP contribution is -2.05. The molecule has 0 atom stereocenters. The van der Waals surface area contributed by atoms with E-state index in [1.807, 2.05) is 30.9 Å². The molecule has 0 spiro atoms. The van der Waals surface area contributed by atoms with E-state index in [4.69, 9.17) is 11.6 Å². The highest BCUT2D eigenvalue weighted by molar-refractivity contribution is 7.98. The van der Waals surface area contributed by atoms with Crippen molar-refractivity contribution >= 4 is 23.4 Å². The van der Waals surface area contributed by atoms with Crippen LogP contribution in [0.1, 0.15) is 16.7 Å². The summed E-state index contributed by atoms with van der Waals surface area (Å²) in [6.07, 6.45) is 0. The van der Waals surface area contributed by atoms with Gasteiger partial charge in [0, 0.05) is 22.2 Å². The summed E-state index contributed by atoms with van der Waals surface area (Å²) in [6.45, 7) is 3.09. The van der Waals surface area contributed by atoms with E-state index < -0.39 is 0 Å². The van der Waals surface area contributed by atoms with Crippen LogP contribution in [0.5, 0.6) is 0 Å². The fraction of sp³-hybridized carbons (Fsp3) is 0.250. The van der Waals surface area contributed by atoms with E-state index in [0.717, 1.165) is 17.3 Å². The van der Waals surface area contributed by atoms with Crippen molar-refractivity contribution in [2.45, 2.75) is 24.1 Å². The van der Waals surface area contributed by atoms with E-state index in [-0.39, 0.29) is 0 Å². The Morgan fingerprint density at radius 1 is 1.05 bits per heavy atom. The van der Waals surface area contributed by atoms with Gasteiger partial charge in [0.15, 0.2) is 0 Å². The lowest BCUT2D eigenvalue weighted by atomic mass is 10.1. The van der Waals surface area contributed by atoms with Crippen LogP contribution in [0.25, 0.3) is 0 Å². The standard InChI is InChI=1S/C16H18ClNS/c1-12-9-14(10-18-2)5-8-16(12)19-11-13-3-6-15(17)7-4-13/h3-9,18H,10-11H2,1-2H3. The SMILES string of the molecule is CNCc1ccc(SCc2ccc(Cl)cc2)c(C)c1. The molecule has 0 fully saturated rings. The first-order valence-electron chi connectivity index (χ1n) is 6.30. The Bertz CT molecular complexity index is 537. The third kappa shape index (κ3) is 4.27. The number of hydrogen-bond acceptors (Lipinski definition) is 2. The maximum absolute atomic E-state index is 5.89. The van der Waals surface area contributed by atoms with E-state index in [1.165, 1.54) is 21.6 Å². The quantitative estimate of drug-likeness (QED) is 0.804. The van der Waals surface area contributed by atoms with Crippen molar-refractivity contribution in [1.29, 1.82) is 0 Å². The molecule has 0 aliphatic heterocycles. The minimum absolute atomic E-state index is 0.793. The van der Waals surface area contributed by atoms with Crippen LogP contribution in [0.4, 0.5) is 0 Å². The summed E-state index contributed by atoms with van der Waals surface area (Å²) in [5.74, 6) is 0.976. The zero-order chi connectivity index (χ0) is 13.7. The van der Waals surface area contributed by atoms with Crippen molar-refractivity contribution in [3.8, 4) is 0 Å². The van der Waals surface area contributed by atoms with Crippen LogP contribution in [0.2, 0.25) is 5.02 Å². The highest BCUT2D eigenvalue weighted by Gasteiger charge is 2.02. The van der Waals surface area contributed by atoms with Crippen LogP contribution in [0.15, 0.2) is 47.4 Å². The van der Waals surface area contributed by atoms with Gasteiger partial charge >= 0.3 is 0 Å². The summed E-state index contributed by atoms with van der Waals surface area (Å²) in [4.78, 5) is 1.34. The van der Waals surface area contributed by atoms with Crippen molar-refractivity contribution in [3.63, 3.8) is 0 Å². The molecule has 0 aliphatic rings. The molecule has 1 N–H and O–H groups in total. The van der Waals surface area contributed by atoms with Gasteiger partial charge < -0.3 is 5.32 Å². The second-order valence-corrected chi connectivity index (χ2v) is 6.00. The monoisotopic (exact) mass is 291 g/mol. The van der Waals surface area contributed by atoms with Crippen LogP contribution in [-0.2, 0) is 12.3 Å². The lowest BCUT2D eigenvalue weighted by molar-refractivity contribution is 0.815. The normalized spacial score (nSPS) is 10.7. The zero-order valence-electron chi connectivity index (χ0n) is 11.2. The molecule has 0 aliphatic carbocycles. The minimum Gasteiger partial charge on any atom is -0.316 e. The molecule has 0 saturated carbocycles. The van der Waals surface area contributed by atoms with Crippen LogP contribution in [0, 0.1) is 6.92 Å². The molecule has 0 radical (unpaired) electrons. The molecular weight excluding hydrogens is 274 g/mol. The number of rotatable bonds is 5. The number of hydrogen-bond donors (Lipinski definition) is 1. The van der Waals surface area contributed by atoms with Crippen molar-refractivity contribution in [1.82, 2.24) is 5.32 Å². The summed E-state index contributed by atoms with van der Waals surface area (Å²) in [5.41, 5.74) is 3.97. The third-order valence-electron chi connectivity index (χ3n) is 2.93. The predicted molar refractivity (Wildman–Crippen MR) is 85.0 cm³/mol. The van der Waals surface area contributed by atoms with Crippen LogP contribution in [0.3, 0.4) is 0 Å². The first-order chi connectivity index (χ1) is 9.19. The van der Waals surface area contributed by atoms with Crippen LogP contribution < -0.4 is 5.32 Å². The van der Waals surface area contributed by atoms with Crippen molar-refractivity contribution < 1.29 is 0 Å². The second-order valence-electron chi connectivity index (χ2n) is 4.55. The Hall–Kier alpha value is -0.960. The molecular formula is C16H18ClNS. The van der Waals surface area contributed by atoms with Gasteiger partial charge in [0.25, 0.3) is 0 Å². The predicted octanol–water partition coefficient (Wildman–Crippen LogP) is 4.66. The van der Waals surface area contributed by atoms with E-state index in [1.54, 1.807) is 0 Å². The lowest BCUT2D eigenvalue weighted by Gasteiger charge is -2.08. The molecule has 1 nitrogen and oxygen atoms in total. The largest absolute Gasteiger partial charge is 0.316 e. The fourth-order valence-corrected chi connectivity index (χ4v) is 3.02. The van der Waals surface area contributed by atoms with Gasteiger partial charge in [-0.1, -0.05) is 35.9 Å². The van der Waals surface area contributed by atoms with E-state index in [2.05, 4.69) is 42.6 Å². The fourth-order valence-electron chi connectivity index (χ4n) is 1.93. The Morgan fingerprint density at radius 3 is 2.37 bits per heavy atom. The Labute approximate surface area is 124 Å². The van der Waals surface area contributed by atoms with Gasteiger partial charge in [-0.3, -0.25) is 0 Å². The molecule has 0 unspecified atom stereocenters. The average Bonchev–Trinajstić information content (AvgIpc) is 2.40. The smallest absolute Gasteiger partial charge is 0.0406 e. The van der Waals surface area contributed by atoms with Gasteiger partial charge in [0.05, 0.1) is 0 Å². The number of thioether (sulfide) groups is 1. The molecule has 0 amide bonds. The molecule has 0 heterocycles. The van der Waals surface area contributed by atoms with Gasteiger partial charge in [-0.05, 0) is 48.9 Å². The van der Waals surface area contributed by atoms with E-state index >= 15 is 0 Å². The molecule has 2 rings (SSSR count). The molecule has 2 aromatic carbocycles. The number of halogens is 1. The van der Waals surface area contributed by atoms with E-state index in [9.17, 15) is 0 Å². The molecule has 100 valence electrons. The third-order valence-corrected chi connectivity index (χ3v) is 4.43. The molecule has 0 bridgehead atoms. The Balaban J connectivity index is 2.01. The Kier molecular flexibility index (Phi) is 5.32. The van der Waals surface area contributed by atoms with Gasteiger partial charge in [0.2, 0.25) is 0 Å². The van der Waals surface area contributed by atoms with Crippen molar-refractivity contribution in [3.05, 3.63) is 64.2 Å². The highest BCUT2D eigenvalue weighted by atomic mass is 35.5. The maximum atomic E-state index is 5.89. The summed E-state index contributed by atoms with van der Waals surface area (Å²) < 4.78 is 0. The number of nitrogens with one attached hydrogen (secondary N) is 1. The molecule has 2 aromatic rings. The number of aryl methyl sites for hydroxylation is 1. The molecule has 0 saturated heterocycles. The maximum Gasteiger partial charge on any atom is 0.0406 e. The van der Waals surface area contributed by atoms with E-state index in [0.29, 0.717) is 0 Å². The van der Waals surface area contributed by atoms with Gasteiger partial charge in [-0.15, -0.1) is 11.8 Å². The Morgan fingerprint density at radius 2 is 1.74 bits per heavy atom. The summed E-state index contributed by atoms with van der Waals surface area (Å²) in [5, 5.41) is 3.97. The van der Waals surface area contributed by atoms with Gasteiger partial charge in [-0.2, -0.15) is 0 Å². The van der Waals surface area contributed by atoms with Crippen molar-refractivity contribution in [2.75, 3.05) is 7.05 Å². The molecule has 19 heavy (non-hydrogen) atoms.